The number of fused-ring (bicyclic) bond motifs is 1. The van der Waals surface area contributed by atoms with Gasteiger partial charge in [-0.15, -0.1) is 0 Å². The number of anilines is 2. The zero-order valence-corrected chi connectivity index (χ0v) is 13.4. The van der Waals surface area contributed by atoms with Gasteiger partial charge in [0, 0.05) is 5.69 Å². The van der Waals surface area contributed by atoms with E-state index in [9.17, 15) is 14.4 Å². The first-order valence-electron chi connectivity index (χ1n) is 7.50. The van der Waals surface area contributed by atoms with Crippen LogP contribution in [-0.2, 0) is 4.79 Å². The highest BCUT2D eigenvalue weighted by Gasteiger charge is 2.36. The topological polar surface area (TPSA) is 69.7 Å². The van der Waals surface area contributed by atoms with Crippen LogP contribution in [-0.4, -0.2) is 43.3 Å². The number of rotatable bonds is 4. The lowest BCUT2D eigenvalue weighted by atomic mass is 10.1. The number of carbonyl (C=O) groups is 3. The van der Waals surface area contributed by atoms with Gasteiger partial charge >= 0.3 is 0 Å². The molecule has 1 aliphatic heterocycles. The second-order valence-electron chi connectivity index (χ2n) is 5.82. The van der Waals surface area contributed by atoms with Crippen LogP contribution in [0.25, 0.3) is 0 Å². The van der Waals surface area contributed by atoms with Crippen molar-refractivity contribution in [2.24, 2.45) is 0 Å². The molecule has 0 aliphatic carbocycles. The van der Waals surface area contributed by atoms with Gasteiger partial charge in [-0.25, -0.2) is 4.90 Å². The highest BCUT2D eigenvalue weighted by molar-refractivity contribution is 6.34. The maximum atomic E-state index is 12.4. The van der Waals surface area contributed by atoms with E-state index in [-0.39, 0.29) is 24.3 Å². The van der Waals surface area contributed by atoms with E-state index in [1.807, 2.05) is 14.1 Å². The number of hydrogen-bond acceptors (Lipinski definition) is 4. The smallest absolute Gasteiger partial charge is 0.266 e. The van der Waals surface area contributed by atoms with E-state index in [1.165, 1.54) is 0 Å². The highest BCUT2D eigenvalue weighted by Crippen LogP contribution is 2.28. The summed E-state index contributed by atoms with van der Waals surface area (Å²) in [6.45, 7) is 0.278. The minimum atomic E-state index is -0.333. The Morgan fingerprint density at radius 1 is 0.958 bits per heavy atom. The van der Waals surface area contributed by atoms with Gasteiger partial charge in [0.25, 0.3) is 11.8 Å². The van der Waals surface area contributed by atoms with Crippen LogP contribution in [0.3, 0.4) is 0 Å². The Morgan fingerprint density at radius 3 is 2.00 bits per heavy atom. The summed E-state index contributed by atoms with van der Waals surface area (Å²) in [4.78, 5) is 39.5. The number of nitrogens with zero attached hydrogens (tertiary/aromatic N) is 2. The Labute approximate surface area is 139 Å². The molecule has 2 aromatic carbocycles. The van der Waals surface area contributed by atoms with E-state index in [0.29, 0.717) is 22.5 Å². The minimum Gasteiger partial charge on any atom is -0.325 e. The average molecular weight is 323 g/mol. The monoisotopic (exact) mass is 323 g/mol. The average Bonchev–Trinajstić information content (AvgIpc) is 2.80. The van der Waals surface area contributed by atoms with Crippen molar-refractivity contribution in [3.63, 3.8) is 0 Å². The molecular formula is C18H17N3O3. The second-order valence-corrected chi connectivity index (χ2v) is 5.82. The third kappa shape index (κ3) is 2.91. The van der Waals surface area contributed by atoms with Gasteiger partial charge in [0.15, 0.2) is 0 Å². The second kappa shape index (κ2) is 6.25. The number of likely N-dealkylation sites (N-methyl/N-ethyl adjacent to an activating group) is 1. The van der Waals surface area contributed by atoms with Crippen molar-refractivity contribution in [1.82, 2.24) is 4.90 Å². The molecule has 0 radical (unpaired) electrons. The summed E-state index contributed by atoms with van der Waals surface area (Å²) < 4.78 is 0. The first-order valence-corrected chi connectivity index (χ1v) is 7.50. The van der Waals surface area contributed by atoms with Gasteiger partial charge in [0.05, 0.1) is 23.4 Å². The van der Waals surface area contributed by atoms with Gasteiger partial charge in [-0.3, -0.25) is 14.4 Å². The van der Waals surface area contributed by atoms with Crippen molar-refractivity contribution in [3.8, 4) is 0 Å². The van der Waals surface area contributed by atoms with Gasteiger partial charge in [-0.1, -0.05) is 12.1 Å². The Morgan fingerprint density at radius 2 is 1.50 bits per heavy atom. The Hall–Kier alpha value is -2.99. The minimum absolute atomic E-state index is 0.131. The normalized spacial score (nSPS) is 13.4. The first kappa shape index (κ1) is 15.9. The van der Waals surface area contributed by atoms with Gasteiger partial charge in [0.2, 0.25) is 5.91 Å². The van der Waals surface area contributed by atoms with Crippen LogP contribution < -0.4 is 10.2 Å². The molecule has 2 aromatic rings. The van der Waals surface area contributed by atoms with Crippen LogP contribution in [0.5, 0.6) is 0 Å². The summed E-state index contributed by atoms with van der Waals surface area (Å²) in [7, 11) is 3.62. The Bertz CT molecular complexity index is 778. The van der Waals surface area contributed by atoms with Crippen molar-refractivity contribution in [1.29, 1.82) is 0 Å². The standard InChI is InChI=1S/C18H17N3O3/c1-20(2)11-16(22)19-12-7-9-13(10-8-12)21-17(23)14-5-3-4-6-15(14)18(21)24/h3-10H,11H2,1-2H3,(H,19,22). The van der Waals surface area contributed by atoms with Crippen molar-refractivity contribution < 1.29 is 14.4 Å². The largest absolute Gasteiger partial charge is 0.325 e. The number of carbonyl (C=O) groups excluding carboxylic acids is 3. The molecule has 6 heteroatoms. The molecule has 3 amide bonds. The van der Waals surface area contributed by atoms with Gasteiger partial charge in [-0.2, -0.15) is 0 Å². The van der Waals surface area contributed by atoms with E-state index in [4.69, 9.17) is 0 Å². The summed E-state index contributed by atoms with van der Waals surface area (Å²) in [5, 5.41) is 2.76. The maximum absolute atomic E-state index is 12.4. The summed E-state index contributed by atoms with van der Waals surface area (Å²) in [6.07, 6.45) is 0. The van der Waals surface area contributed by atoms with E-state index < -0.39 is 0 Å². The molecule has 0 bridgehead atoms. The molecule has 24 heavy (non-hydrogen) atoms. The predicted octanol–water partition coefficient (Wildman–Crippen LogP) is 1.99. The van der Waals surface area contributed by atoms with Crippen LogP contribution in [0, 0.1) is 0 Å². The SMILES string of the molecule is CN(C)CC(=O)Nc1ccc(N2C(=O)c3ccccc3C2=O)cc1. The molecule has 1 heterocycles. The predicted molar refractivity (Wildman–Crippen MR) is 91.2 cm³/mol. The van der Waals surface area contributed by atoms with E-state index in [2.05, 4.69) is 5.32 Å². The Balaban J connectivity index is 1.79. The molecule has 0 unspecified atom stereocenters. The molecule has 1 aliphatic rings. The van der Waals surface area contributed by atoms with Crippen molar-refractivity contribution in [2.45, 2.75) is 0 Å². The fraction of sp³-hybridized carbons (Fsp3) is 0.167. The molecule has 0 saturated carbocycles. The van der Waals surface area contributed by atoms with Gasteiger partial charge in [0.1, 0.15) is 0 Å². The third-order valence-electron chi connectivity index (χ3n) is 3.66. The van der Waals surface area contributed by atoms with Crippen LogP contribution in [0.1, 0.15) is 20.7 Å². The number of amides is 3. The van der Waals surface area contributed by atoms with Crippen LogP contribution in [0.15, 0.2) is 48.5 Å². The zero-order chi connectivity index (χ0) is 17.3. The zero-order valence-electron chi connectivity index (χ0n) is 13.4. The Kier molecular flexibility index (Phi) is 4.14. The molecule has 0 aromatic heterocycles. The van der Waals surface area contributed by atoms with Crippen molar-refractivity contribution >= 4 is 29.1 Å². The fourth-order valence-corrected chi connectivity index (χ4v) is 2.61. The summed E-state index contributed by atoms with van der Waals surface area (Å²) in [6, 6.07) is 13.4. The first-order chi connectivity index (χ1) is 11.5. The summed E-state index contributed by atoms with van der Waals surface area (Å²) >= 11 is 0. The van der Waals surface area contributed by atoms with Gasteiger partial charge in [-0.05, 0) is 50.5 Å². The lowest BCUT2D eigenvalue weighted by Gasteiger charge is -2.15. The molecule has 0 saturated heterocycles. The third-order valence-corrected chi connectivity index (χ3v) is 3.66. The molecule has 0 atom stereocenters. The molecule has 0 spiro atoms. The van der Waals surface area contributed by atoms with Crippen LogP contribution >= 0.6 is 0 Å². The highest BCUT2D eigenvalue weighted by atomic mass is 16.2. The van der Waals surface area contributed by atoms with Crippen molar-refractivity contribution in [3.05, 3.63) is 59.7 Å². The number of nitrogens with one attached hydrogen (secondary N) is 1. The van der Waals surface area contributed by atoms with Crippen molar-refractivity contribution in [2.75, 3.05) is 30.9 Å². The molecule has 122 valence electrons. The molecule has 0 fully saturated rings. The maximum Gasteiger partial charge on any atom is 0.266 e. The molecule has 1 N–H and O–H groups in total. The summed E-state index contributed by atoms with van der Waals surface area (Å²) in [5.74, 6) is -0.798. The summed E-state index contributed by atoms with van der Waals surface area (Å²) in [5.41, 5.74) is 1.91. The lowest BCUT2D eigenvalue weighted by Crippen LogP contribution is -2.29. The lowest BCUT2D eigenvalue weighted by molar-refractivity contribution is -0.116. The molecule has 3 rings (SSSR count). The van der Waals surface area contributed by atoms with E-state index in [1.54, 1.807) is 53.4 Å². The van der Waals surface area contributed by atoms with Crippen LogP contribution in [0.2, 0.25) is 0 Å². The molecular weight excluding hydrogens is 306 g/mol. The number of benzene rings is 2. The quantitative estimate of drug-likeness (QED) is 0.874. The number of hydrogen-bond donors (Lipinski definition) is 1. The van der Waals surface area contributed by atoms with Crippen LogP contribution in [0.4, 0.5) is 11.4 Å². The van der Waals surface area contributed by atoms with Gasteiger partial charge < -0.3 is 10.2 Å². The molecule has 6 nitrogen and oxygen atoms in total. The number of imide groups is 1. The fourth-order valence-electron chi connectivity index (χ4n) is 2.61. The van der Waals surface area contributed by atoms with E-state index in [0.717, 1.165) is 4.90 Å². The van der Waals surface area contributed by atoms with E-state index >= 15 is 0 Å².